The quantitative estimate of drug-likeness (QED) is 0.444. The molecule has 10 heteroatoms. The van der Waals surface area contributed by atoms with Crippen LogP contribution in [-0.4, -0.2) is 67.3 Å². The van der Waals surface area contributed by atoms with Crippen molar-refractivity contribution in [3.8, 4) is 11.5 Å². The van der Waals surface area contributed by atoms with Gasteiger partial charge in [-0.1, -0.05) is 6.92 Å². The minimum absolute atomic E-state index is 0.219. The van der Waals surface area contributed by atoms with E-state index in [1.165, 1.54) is 12.1 Å². The molecule has 2 fully saturated rings. The minimum Gasteiger partial charge on any atom is -0.368 e. The Kier molecular flexibility index (Phi) is 5.96. The molecule has 2 N–H and O–H groups in total. The fourth-order valence-electron chi connectivity index (χ4n) is 5.49. The Morgan fingerprint density at radius 2 is 1.92 bits per heavy atom. The number of pyridine rings is 1. The number of aromatic nitrogens is 6. The molecule has 4 heterocycles. The minimum atomic E-state index is -0.422. The Labute approximate surface area is 207 Å². The van der Waals surface area contributed by atoms with Gasteiger partial charge in [-0.2, -0.15) is 0 Å². The number of hydrogen-bond donors (Lipinski definition) is 2. The van der Waals surface area contributed by atoms with Crippen molar-refractivity contribution in [2.24, 2.45) is 0 Å². The summed E-state index contributed by atoms with van der Waals surface area (Å²) in [7, 11) is 0. The van der Waals surface area contributed by atoms with Gasteiger partial charge in [-0.3, -0.25) is 14.7 Å². The first-order valence-electron chi connectivity index (χ1n) is 12.6. The molecule has 0 spiro atoms. The molecule has 186 valence electrons. The van der Waals surface area contributed by atoms with Crippen LogP contribution in [0.1, 0.15) is 43.8 Å². The summed E-state index contributed by atoms with van der Waals surface area (Å²) in [6.45, 7) is 5.91. The number of nitrogens with zero attached hydrogens (tertiary/aromatic N) is 6. The number of benzene rings is 1. The van der Waals surface area contributed by atoms with Crippen molar-refractivity contribution in [1.29, 1.82) is 0 Å². The topological polar surface area (TPSA) is 107 Å². The van der Waals surface area contributed by atoms with Crippen molar-refractivity contribution in [1.82, 2.24) is 35.0 Å². The summed E-state index contributed by atoms with van der Waals surface area (Å²) < 4.78 is 13.5. The Morgan fingerprint density at radius 1 is 1.06 bits per heavy atom. The molecule has 9 nitrogen and oxygen atoms in total. The first-order valence-corrected chi connectivity index (χ1v) is 12.6. The van der Waals surface area contributed by atoms with E-state index in [1.54, 1.807) is 6.07 Å². The lowest BCUT2D eigenvalue weighted by Crippen LogP contribution is -2.49. The van der Waals surface area contributed by atoms with Gasteiger partial charge in [0.1, 0.15) is 23.2 Å². The number of anilines is 1. The molecule has 0 bridgehead atoms. The number of nitrogens with one attached hydrogen (secondary N) is 2. The fraction of sp³-hybridized carbons (Fsp3) is 0.423. The predicted octanol–water partition coefficient (Wildman–Crippen LogP) is 3.26. The number of aromatic amines is 2. The van der Waals surface area contributed by atoms with E-state index in [-0.39, 0.29) is 11.5 Å². The van der Waals surface area contributed by atoms with Crippen molar-refractivity contribution in [2.75, 3.05) is 31.1 Å². The standard InChI is InChI=1S/C26H29FN8O/c1-2-23-30-25(33-32-23)22-8-6-19(15-28-22)35-11-9-34(10-12-35)18-5-3-16(13-18)24-29-21-7-4-17(27)14-20(21)26(36)31-24/h4,6-8,14-16,18H,2-3,5,9-13H2,1H3,(H,29,31,36)(H,30,32,33). The maximum Gasteiger partial charge on any atom is 0.258 e. The van der Waals surface area contributed by atoms with Crippen LogP contribution in [0.5, 0.6) is 0 Å². The van der Waals surface area contributed by atoms with Gasteiger partial charge in [0.15, 0.2) is 5.82 Å². The van der Waals surface area contributed by atoms with Gasteiger partial charge in [-0.05, 0) is 49.6 Å². The number of aryl methyl sites for hydroxylation is 1. The molecule has 36 heavy (non-hydrogen) atoms. The Morgan fingerprint density at radius 3 is 2.67 bits per heavy atom. The fourth-order valence-corrected chi connectivity index (χ4v) is 5.49. The Hall–Kier alpha value is -3.66. The van der Waals surface area contributed by atoms with Gasteiger partial charge in [0.2, 0.25) is 0 Å². The second-order valence-corrected chi connectivity index (χ2v) is 9.67. The largest absolute Gasteiger partial charge is 0.368 e. The molecule has 1 aliphatic carbocycles. The molecule has 1 aromatic carbocycles. The summed E-state index contributed by atoms with van der Waals surface area (Å²) in [5, 5.41) is 8.60. The lowest BCUT2D eigenvalue weighted by atomic mass is 10.1. The third kappa shape index (κ3) is 4.37. The van der Waals surface area contributed by atoms with E-state index in [4.69, 9.17) is 0 Å². The van der Waals surface area contributed by atoms with Crippen LogP contribution in [0.2, 0.25) is 0 Å². The van der Waals surface area contributed by atoms with Gasteiger partial charge >= 0.3 is 0 Å². The van der Waals surface area contributed by atoms with E-state index < -0.39 is 5.82 Å². The maximum absolute atomic E-state index is 13.5. The maximum atomic E-state index is 13.5. The number of piperazine rings is 1. The zero-order valence-corrected chi connectivity index (χ0v) is 20.2. The van der Waals surface area contributed by atoms with Crippen molar-refractivity contribution in [3.63, 3.8) is 0 Å². The summed E-state index contributed by atoms with van der Waals surface area (Å²) in [5.74, 6) is 2.09. The SMILES string of the molecule is CCc1nnc(-c2ccc(N3CCN(C4CCC(c5nc6ccc(F)cc6c(=O)[nH]5)C4)CC3)cn2)[nH]1. The molecule has 0 amide bonds. The van der Waals surface area contributed by atoms with Crippen LogP contribution in [0.25, 0.3) is 22.4 Å². The summed E-state index contributed by atoms with van der Waals surface area (Å²) in [6.07, 6.45) is 5.78. The number of rotatable bonds is 5. The third-order valence-corrected chi connectivity index (χ3v) is 7.53. The van der Waals surface area contributed by atoms with Gasteiger partial charge in [0.25, 0.3) is 5.56 Å². The molecule has 2 aliphatic rings. The highest BCUT2D eigenvalue weighted by Gasteiger charge is 2.33. The molecular weight excluding hydrogens is 459 g/mol. The molecule has 0 radical (unpaired) electrons. The second-order valence-electron chi connectivity index (χ2n) is 9.67. The number of fused-ring (bicyclic) bond motifs is 1. The van der Waals surface area contributed by atoms with E-state index in [0.717, 1.165) is 74.9 Å². The van der Waals surface area contributed by atoms with Crippen LogP contribution < -0.4 is 10.5 Å². The van der Waals surface area contributed by atoms with Crippen LogP contribution >= 0.6 is 0 Å². The normalized spacial score (nSPS) is 20.9. The van der Waals surface area contributed by atoms with Crippen molar-refractivity contribution >= 4 is 16.6 Å². The monoisotopic (exact) mass is 488 g/mol. The molecule has 1 saturated heterocycles. The lowest BCUT2D eigenvalue weighted by molar-refractivity contribution is 0.186. The van der Waals surface area contributed by atoms with E-state index >= 15 is 0 Å². The summed E-state index contributed by atoms with van der Waals surface area (Å²) in [6, 6.07) is 8.77. The average molecular weight is 489 g/mol. The summed E-state index contributed by atoms with van der Waals surface area (Å²) in [4.78, 5) is 32.8. The number of halogens is 1. The summed E-state index contributed by atoms with van der Waals surface area (Å²) in [5.41, 5.74) is 2.21. The predicted molar refractivity (Wildman–Crippen MR) is 135 cm³/mol. The first kappa shape index (κ1) is 22.8. The molecule has 6 rings (SSSR count). The number of hydrogen-bond acceptors (Lipinski definition) is 7. The lowest BCUT2D eigenvalue weighted by Gasteiger charge is -2.39. The van der Waals surface area contributed by atoms with Crippen molar-refractivity contribution in [2.45, 2.75) is 44.6 Å². The molecule has 3 aromatic heterocycles. The van der Waals surface area contributed by atoms with Crippen molar-refractivity contribution < 1.29 is 4.39 Å². The molecule has 4 aromatic rings. The molecule has 1 saturated carbocycles. The van der Waals surface area contributed by atoms with E-state index in [1.807, 2.05) is 19.2 Å². The first-order chi connectivity index (χ1) is 17.6. The summed E-state index contributed by atoms with van der Waals surface area (Å²) >= 11 is 0. The zero-order valence-electron chi connectivity index (χ0n) is 20.2. The van der Waals surface area contributed by atoms with E-state index in [9.17, 15) is 9.18 Å². The Bertz CT molecular complexity index is 1420. The van der Waals surface area contributed by atoms with Crippen LogP contribution in [0.15, 0.2) is 41.3 Å². The number of H-pyrrole nitrogens is 2. The highest BCUT2D eigenvalue weighted by Crippen LogP contribution is 2.36. The second kappa shape index (κ2) is 9.42. The zero-order chi connectivity index (χ0) is 24.6. The van der Waals surface area contributed by atoms with E-state index in [0.29, 0.717) is 22.8 Å². The molecular formula is C26H29FN8O. The van der Waals surface area contributed by atoms with Gasteiger partial charge in [0, 0.05) is 44.6 Å². The van der Waals surface area contributed by atoms with Crippen LogP contribution in [-0.2, 0) is 6.42 Å². The van der Waals surface area contributed by atoms with Crippen LogP contribution in [0.4, 0.5) is 10.1 Å². The highest BCUT2D eigenvalue weighted by molar-refractivity contribution is 5.77. The van der Waals surface area contributed by atoms with Gasteiger partial charge in [0.05, 0.1) is 22.8 Å². The Balaban J connectivity index is 1.07. The van der Waals surface area contributed by atoms with Gasteiger partial charge in [-0.25, -0.2) is 9.37 Å². The molecule has 1 aliphatic heterocycles. The highest BCUT2D eigenvalue weighted by atomic mass is 19.1. The molecule has 2 atom stereocenters. The third-order valence-electron chi connectivity index (χ3n) is 7.53. The molecule has 2 unspecified atom stereocenters. The van der Waals surface area contributed by atoms with Crippen molar-refractivity contribution in [3.05, 3.63) is 64.3 Å². The smallest absolute Gasteiger partial charge is 0.258 e. The van der Waals surface area contributed by atoms with Gasteiger partial charge < -0.3 is 14.9 Å². The van der Waals surface area contributed by atoms with Crippen LogP contribution in [0, 0.1) is 5.82 Å². The van der Waals surface area contributed by atoms with Crippen LogP contribution in [0.3, 0.4) is 0 Å². The van der Waals surface area contributed by atoms with E-state index in [2.05, 4.69) is 46.0 Å². The average Bonchev–Trinajstić information content (AvgIpc) is 3.60. The van der Waals surface area contributed by atoms with Gasteiger partial charge in [-0.15, -0.1) is 10.2 Å².